The van der Waals surface area contributed by atoms with Crippen molar-refractivity contribution in [2.45, 2.75) is 43.1 Å². The third-order valence-electron chi connectivity index (χ3n) is 6.72. The summed E-state index contributed by atoms with van der Waals surface area (Å²) in [5.41, 5.74) is 0.664. The van der Waals surface area contributed by atoms with E-state index < -0.39 is 61.0 Å². The van der Waals surface area contributed by atoms with Gasteiger partial charge in [-0.3, -0.25) is 0 Å². The summed E-state index contributed by atoms with van der Waals surface area (Å²) in [6.45, 7) is -1.14. The molecular weight excluding hydrogens is 587 g/mol. The number of halogens is 3. The van der Waals surface area contributed by atoms with Gasteiger partial charge in [-0.05, 0) is 72.8 Å². The average molecular weight is 606 g/mol. The van der Waals surface area contributed by atoms with E-state index in [0.29, 0.717) is 15.1 Å². The van der Waals surface area contributed by atoms with Gasteiger partial charge in [-0.1, -0.05) is 34.8 Å². The van der Waals surface area contributed by atoms with Crippen LogP contribution in [0.1, 0.15) is 31.1 Å². The molecule has 0 spiro atoms. The molecular formula is C28H19Cl3O9. The van der Waals surface area contributed by atoms with Crippen molar-refractivity contribution in [3.05, 3.63) is 105 Å². The van der Waals surface area contributed by atoms with Gasteiger partial charge in [0, 0.05) is 15.1 Å². The third kappa shape index (κ3) is 5.28. The molecule has 7 rings (SSSR count). The minimum atomic E-state index is -1.14. The van der Waals surface area contributed by atoms with E-state index in [-0.39, 0.29) is 16.7 Å². The first-order chi connectivity index (χ1) is 19.3. The number of carbonyl (C=O) groups excluding carboxylic acids is 3. The fraction of sp³-hybridized carbons (Fsp3) is 0.250. The van der Waals surface area contributed by atoms with Crippen LogP contribution in [0.25, 0.3) is 0 Å². The van der Waals surface area contributed by atoms with Gasteiger partial charge in [-0.15, -0.1) is 0 Å². The molecule has 3 aromatic carbocycles. The first kappa shape index (κ1) is 27.0. The Morgan fingerprint density at radius 2 is 0.725 bits per heavy atom. The molecule has 0 atom stereocenters. The predicted molar refractivity (Wildman–Crippen MR) is 140 cm³/mol. The minimum Gasteiger partial charge on any atom is -0.453 e. The lowest BCUT2D eigenvalue weighted by Gasteiger charge is -2.57. The summed E-state index contributed by atoms with van der Waals surface area (Å²) in [5, 5.41) is 1.33. The monoisotopic (exact) mass is 604 g/mol. The summed E-state index contributed by atoms with van der Waals surface area (Å²) in [4.78, 5) is 39.2. The number of ether oxygens (including phenoxy) is 6. The first-order valence-electron chi connectivity index (χ1n) is 12.1. The van der Waals surface area contributed by atoms with Gasteiger partial charge in [0.1, 0.15) is 18.3 Å². The van der Waals surface area contributed by atoms with Crippen molar-refractivity contribution in [3.63, 3.8) is 0 Å². The van der Waals surface area contributed by atoms with Crippen molar-refractivity contribution in [3.8, 4) is 0 Å². The van der Waals surface area contributed by atoms with Crippen LogP contribution in [0, 0.1) is 0 Å². The fourth-order valence-electron chi connectivity index (χ4n) is 4.80. The lowest BCUT2D eigenvalue weighted by atomic mass is 9.82. The molecule has 0 unspecified atom stereocenters. The SMILES string of the molecule is O=C(OC1C2OC3OC1C(OC(=O)c1ccc(Cl)cc1)C(O3)C2OC(=O)c1ccc(Cl)cc1)c1ccc(Cl)cc1. The lowest BCUT2D eigenvalue weighted by molar-refractivity contribution is -0.478. The van der Waals surface area contributed by atoms with E-state index in [1.807, 2.05) is 0 Å². The Kier molecular flexibility index (Phi) is 7.43. The van der Waals surface area contributed by atoms with Crippen LogP contribution in [-0.2, 0) is 28.4 Å². The molecule has 4 fully saturated rings. The second kappa shape index (κ2) is 11.0. The Morgan fingerprint density at radius 1 is 0.475 bits per heavy atom. The zero-order valence-electron chi connectivity index (χ0n) is 20.3. The molecule has 0 aromatic heterocycles. The van der Waals surface area contributed by atoms with Crippen molar-refractivity contribution < 1.29 is 42.8 Å². The predicted octanol–water partition coefficient (Wildman–Crippen LogP) is 5.10. The Bertz CT molecular complexity index is 1240. The number of esters is 3. The van der Waals surface area contributed by atoms with E-state index >= 15 is 0 Å². The van der Waals surface area contributed by atoms with E-state index in [1.165, 1.54) is 36.4 Å². The van der Waals surface area contributed by atoms with Crippen LogP contribution in [0.4, 0.5) is 0 Å². The number of rotatable bonds is 6. The molecule has 3 aliphatic heterocycles. The van der Waals surface area contributed by atoms with Gasteiger partial charge in [-0.25, -0.2) is 14.4 Å². The molecule has 12 heteroatoms. The first-order valence-corrected chi connectivity index (χ1v) is 13.3. The standard InChI is InChI=1S/C28H19Cl3O9/c29-16-7-1-13(2-8-16)25(32)35-19-22-20(36-26(33)14-3-9-17(30)10-4-14)24-21(23(19)39-28(38-22)40-24)37-27(34)15-5-11-18(31)12-6-15/h1-12,19-24,28H. The van der Waals surface area contributed by atoms with Gasteiger partial charge in [0.2, 0.25) is 0 Å². The largest absolute Gasteiger partial charge is 0.453 e. The summed E-state index contributed by atoms with van der Waals surface area (Å²) in [6, 6.07) is 18.3. The molecule has 0 radical (unpaired) electrons. The van der Waals surface area contributed by atoms with Gasteiger partial charge in [0.15, 0.2) is 18.3 Å². The number of hydrogen-bond acceptors (Lipinski definition) is 9. The van der Waals surface area contributed by atoms with Crippen LogP contribution in [0.2, 0.25) is 15.1 Å². The molecule has 3 aromatic rings. The van der Waals surface area contributed by atoms with Crippen LogP contribution in [0.15, 0.2) is 72.8 Å². The molecule has 3 heterocycles. The summed E-state index contributed by atoms with van der Waals surface area (Å²) in [6.07, 6.45) is -6.27. The number of benzene rings is 3. The topological polar surface area (TPSA) is 107 Å². The second-order valence-corrected chi connectivity index (χ2v) is 10.5. The van der Waals surface area contributed by atoms with Crippen LogP contribution >= 0.6 is 34.8 Å². The molecule has 1 saturated carbocycles. The molecule has 206 valence electrons. The molecule has 4 aliphatic rings. The average Bonchev–Trinajstić information content (AvgIpc) is 2.94. The highest BCUT2D eigenvalue weighted by Gasteiger charge is 2.66. The van der Waals surface area contributed by atoms with Crippen molar-refractivity contribution in [2.75, 3.05) is 0 Å². The Hall–Kier alpha value is -3.18. The smallest absolute Gasteiger partial charge is 0.338 e. The van der Waals surface area contributed by atoms with Crippen molar-refractivity contribution in [1.29, 1.82) is 0 Å². The van der Waals surface area contributed by atoms with Gasteiger partial charge < -0.3 is 28.4 Å². The molecule has 1 aliphatic carbocycles. The molecule has 4 bridgehead atoms. The number of carbonyl (C=O) groups is 3. The van der Waals surface area contributed by atoms with Crippen LogP contribution in [0.3, 0.4) is 0 Å². The lowest BCUT2D eigenvalue weighted by Crippen LogP contribution is -2.76. The maximum absolute atomic E-state index is 13.1. The van der Waals surface area contributed by atoms with Crippen molar-refractivity contribution in [2.24, 2.45) is 0 Å². The highest BCUT2D eigenvalue weighted by Crippen LogP contribution is 2.44. The van der Waals surface area contributed by atoms with Crippen molar-refractivity contribution in [1.82, 2.24) is 0 Å². The second-order valence-electron chi connectivity index (χ2n) is 9.22. The molecule has 9 nitrogen and oxygen atoms in total. The fourth-order valence-corrected chi connectivity index (χ4v) is 5.18. The molecule has 0 amide bonds. The quantitative estimate of drug-likeness (QED) is 0.280. The third-order valence-corrected chi connectivity index (χ3v) is 7.47. The maximum atomic E-state index is 13.1. The van der Waals surface area contributed by atoms with Gasteiger partial charge in [-0.2, -0.15) is 0 Å². The number of hydrogen-bond donors (Lipinski definition) is 0. The van der Waals surface area contributed by atoms with E-state index in [4.69, 9.17) is 63.2 Å². The Morgan fingerprint density at radius 3 is 0.975 bits per heavy atom. The Labute approximate surface area is 242 Å². The maximum Gasteiger partial charge on any atom is 0.338 e. The van der Waals surface area contributed by atoms with E-state index in [0.717, 1.165) is 0 Å². The molecule has 3 saturated heterocycles. The molecule has 0 N–H and O–H groups in total. The van der Waals surface area contributed by atoms with E-state index in [1.54, 1.807) is 36.4 Å². The van der Waals surface area contributed by atoms with Gasteiger partial charge >= 0.3 is 17.9 Å². The van der Waals surface area contributed by atoms with Crippen molar-refractivity contribution >= 4 is 52.7 Å². The zero-order chi connectivity index (χ0) is 28.0. The summed E-state index contributed by atoms with van der Waals surface area (Å²) in [7, 11) is 0. The Balaban J connectivity index is 1.30. The van der Waals surface area contributed by atoms with E-state index in [2.05, 4.69) is 0 Å². The zero-order valence-corrected chi connectivity index (χ0v) is 22.5. The highest BCUT2D eigenvalue weighted by atomic mass is 35.5. The van der Waals surface area contributed by atoms with Crippen LogP contribution in [-0.4, -0.2) is 61.0 Å². The van der Waals surface area contributed by atoms with E-state index in [9.17, 15) is 14.4 Å². The summed E-state index contributed by atoms with van der Waals surface area (Å²) >= 11 is 17.8. The van der Waals surface area contributed by atoms with Gasteiger partial charge in [0.05, 0.1) is 16.7 Å². The normalized spacial score (nSPS) is 28.1. The summed E-state index contributed by atoms with van der Waals surface area (Å²) < 4.78 is 34.9. The molecule has 40 heavy (non-hydrogen) atoms. The minimum absolute atomic E-state index is 0.221. The van der Waals surface area contributed by atoms with Crippen LogP contribution < -0.4 is 0 Å². The summed E-state index contributed by atoms with van der Waals surface area (Å²) in [5.74, 6) is -2.10. The van der Waals surface area contributed by atoms with Gasteiger partial charge in [0.25, 0.3) is 6.48 Å². The highest BCUT2D eigenvalue weighted by molar-refractivity contribution is 6.31. The van der Waals surface area contributed by atoms with Crippen LogP contribution in [0.5, 0.6) is 0 Å².